The van der Waals surface area contributed by atoms with Crippen molar-refractivity contribution < 1.29 is 131 Å². The smallest absolute Gasteiger partial charge is 0.550 e. The van der Waals surface area contributed by atoms with Crippen LogP contribution in [0.4, 0.5) is 0 Å². The van der Waals surface area contributed by atoms with Crippen LogP contribution in [0.3, 0.4) is 0 Å². The van der Waals surface area contributed by atoms with Crippen molar-refractivity contribution in [1.29, 1.82) is 0 Å². The maximum atomic E-state index is 12.5. The molecule has 28 heavy (non-hydrogen) atoms. The summed E-state index contributed by atoms with van der Waals surface area (Å²) in [5.41, 5.74) is 0. The second kappa shape index (κ2) is 19.6. The Kier molecular flexibility index (Phi) is 24.1. The van der Waals surface area contributed by atoms with E-state index in [1.54, 1.807) is 0 Å². The Morgan fingerprint density at radius 1 is 0.893 bits per heavy atom. The van der Waals surface area contributed by atoms with Gasteiger partial charge in [-0.3, -0.25) is 0 Å². The van der Waals surface area contributed by atoms with Crippen molar-refractivity contribution in [2.75, 3.05) is 5.75 Å². The van der Waals surface area contributed by atoms with Crippen molar-refractivity contribution in [1.82, 2.24) is 0 Å². The Balaban J connectivity index is -0.00000312. The van der Waals surface area contributed by atoms with Gasteiger partial charge in [-0.25, -0.2) is 8.42 Å². The zero-order valence-corrected chi connectivity index (χ0v) is 24.9. The molecule has 1 unspecified atom stereocenters. The minimum atomic E-state index is -4.20. The quantitative estimate of drug-likeness (QED) is 0.121. The van der Waals surface area contributed by atoms with Gasteiger partial charge in [0.25, 0.3) is 0 Å². The minimum Gasteiger partial charge on any atom is -0.550 e. The van der Waals surface area contributed by atoms with E-state index in [1.165, 1.54) is 32.1 Å². The standard InChI is InChI=1S/C19H34O6S.2K/c1-3-5-6-7-8-9-10-11-12-13-15-26(24,25)19(14-4-2,18(22)23)16-17(20)21;;/h4H,2-3,5-16H2,1H3,(H,20,21)(H,22,23);;/q;2*+1/p-2. The Labute approximate surface area is 255 Å². The average molecular weight is 467 g/mol. The molecule has 6 nitrogen and oxygen atoms in total. The van der Waals surface area contributed by atoms with Gasteiger partial charge >= 0.3 is 103 Å². The third-order valence-electron chi connectivity index (χ3n) is 4.64. The monoisotopic (exact) mass is 466 g/mol. The maximum Gasteiger partial charge on any atom is 1.00 e. The number of carbonyl (C=O) groups is 2. The molecular formula is C19H32K2O6S. The first-order valence-electron chi connectivity index (χ1n) is 9.48. The predicted molar refractivity (Wildman–Crippen MR) is 97.8 cm³/mol. The number of aliphatic carboxylic acids is 2. The van der Waals surface area contributed by atoms with Gasteiger partial charge in [0.2, 0.25) is 0 Å². The molecule has 0 saturated heterocycles. The van der Waals surface area contributed by atoms with E-state index in [-0.39, 0.29) is 109 Å². The normalized spacial score (nSPS) is 12.9. The molecule has 0 aliphatic carbocycles. The Morgan fingerprint density at radius 3 is 1.68 bits per heavy atom. The molecule has 0 radical (unpaired) electrons. The number of rotatable bonds is 17. The summed E-state index contributed by atoms with van der Waals surface area (Å²) in [6, 6.07) is 0. The van der Waals surface area contributed by atoms with Crippen molar-refractivity contribution in [3.8, 4) is 0 Å². The van der Waals surface area contributed by atoms with Gasteiger partial charge in [0.1, 0.15) is 4.75 Å². The van der Waals surface area contributed by atoms with Crippen LogP contribution in [0.2, 0.25) is 0 Å². The molecule has 0 rings (SSSR count). The van der Waals surface area contributed by atoms with Crippen molar-refractivity contribution >= 4 is 21.8 Å². The van der Waals surface area contributed by atoms with E-state index in [2.05, 4.69) is 13.5 Å². The summed E-state index contributed by atoms with van der Waals surface area (Å²) in [5, 5.41) is 22.3. The fraction of sp³-hybridized carbons (Fsp3) is 0.789. The Hall–Kier alpha value is 1.90. The summed E-state index contributed by atoms with van der Waals surface area (Å²) in [5.74, 6) is -4.02. The summed E-state index contributed by atoms with van der Waals surface area (Å²) in [7, 11) is -4.20. The van der Waals surface area contributed by atoms with Crippen molar-refractivity contribution in [3.63, 3.8) is 0 Å². The molecule has 0 N–H and O–H groups in total. The van der Waals surface area contributed by atoms with Crippen molar-refractivity contribution in [2.24, 2.45) is 0 Å². The third-order valence-corrected chi connectivity index (χ3v) is 7.13. The number of hydrogen-bond acceptors (Lipinski definition) is 6. The topological polar surface area (TPSA) is 114 Å². The molecule has 0 aliphatic heterocycles. The average Bonchev–Trinajstić information content (AvgIpc) is 2.55. The number of carboxylic acids is 2. The van der Waals surface area contributed by atoms with Crippen LogP contribution in [0.25, 0.3) is 0 Å². The SMILES string of the molecule is C=CCC(CC(=O)[O-])(C(=O)[O-])S(=O)(=O)CCCCCCCCCCCC.[K+].[K+]. The van der Waals surface area contributed by atoms with Gasteiger partial charge in [-0.15, -0.1) is 6.58 Å². The molecular weight excluding hydrogens is 434 g/mol. The van der Waals surface area contributed by atoms with Gasteiger partial charge in [0, 0.05) is 12.4 Å². The fourth-order valence-electron chi connectivity index (χ4n) is 3.03. The summed E-state index contributed by atoms with van der Waals surface area (Å²) in [4.78, 5) is 22.3. The largest absolute Gasteiger partial charge is 1.00 e. The molecule has 0 fully saturated rings. The van der Waals surface area contributed by atoms with Crippen LogP contribution in [0.15, 0.2) is 12.7 Å². The van der Waals surface area contributed by atoms with Crippen LogP contribution >= 0.6 is 0 Å². The van der Waals surface area contributed by atoms with Gasteiger partial charge in [0.05, 0.1) is 11.7 Å². The summed E-state index contributed by atoms with van der Waals surface area (Å²) < 4.78 is 22.5. The summed E-state index contributed by atoms with van der Waals surface area (Å²) >= 11 is 0. The molecule has 0 bridgehead atoms. The van der Waals surface area contributed by atoms with Crippen LogP contribution in [0, 0.1) is 0 Å². The molecule has 9 heteroatoms. The van der Waals surface area contributed by atoms with Crippen LogP contribution in [0.1, 0.15) is 84.0 Å². The zero-order valence-electron chi connectivity index (χ0n) is 17.8. The van der Waals surface area contributed by atoms with E-state index in [1.807, 2.05) is 0 Å². The fourth-order valence-corrected chi connectivity index (χ4v) is 4.97. The van der Waals surface area contributed by atoms with Gasteiger partial charge in [0.15, 0.2) is 9.84 Å². The molecule has 0 heterocycles. The van der Waals surface area contributed by atoms with Crippen LogP contribution < -0.4 is 113 Å². The minimum absolute atomic E-state index is 0. The maximum absolute atomic E-state index is 12.5. The number of unbranched alkanes of at least 4 members (excludes halogenated alkanes) is 9. The summed E-state index contributed by atoms with van der Waals surface area (Å²) in [6.07, 6.45) is 9.56. The number of hydrogen-bond donors (Lipinski definition) is 0. The van der Waals surface area contributed by atoms with E-state index in [9.17, 15) is 28.2 Å². The second-order valence-electron chi connectivity index (χ2n) is 6.82. The first-order chi connectivity index (χ1) is 12.2. The van der Waals surface area contributed by atoms with Crippen LogP contribution in [-0.4, -0.2) is 30.9 Å². The summed E-state index contributed by atoms with van der Waals surface area (Å²) in [6.45, 7) is 5.51. The second-order valence-corrected chi connectivity index (χ2v) is 9.24. The number of carboxylic acid groups (broad SMARTS) is 2. The molecule has 152 valence electrons. The van der Waals surface area contributed by atoms with Gasteiger partial charge in [-0.2, -0.15) is 0 Å². The number of sulfone groups is 1. The van der Waals surface area contributed by atoms with Gasteiger partial charge in [-0.1, -0.05) is 70.8 Å². The molecule has 0 saturated carbocycles. The first-order valence-corrected chi connectivity index (χ1v) is 11.1. The molecule has 0 amide bonds. The van der Waals surface area contributed by atoms with E-state index in [0.717, 1.165) is 25.3 Å². The van der Waals surface area contributed by atoms with Crippen molar-refractivity contribution in [3.05, 3.63) is 12.7 Å². The first kappa shape index (κ1) is 34.5. The molecule has 0 aromatic rings. The van der Waals surface area contributed by atoms with Crippen LogP contribution in [-0.2, 0) is 19.4 Å². The number of carbonyl (C=O) groups excluding carboxylic acids is 2. The van der Waals surface area contributed by atoms with E-state index < -0.39 is 39.4 Å². The van der Waals surface area contributed by atoms with Crippen LogP contribution in [0.5, 0.6) is 0 Å². The van der Waals surface area contributed by atoms with E-state index in [4.69, 9.17) is 0 Å². The van der Waals surface area contributed by atoms with Gasteiger partial charge in [-0.05, 0) is 12.8 Å². The molecule has 0 spiro atoms. The molecule has 1 atom stereocenters. The van der Waals surface area contributed by atoms with E-state index in [0.29, 0.717) is 12.8 Å². The molecule has 0 aliphatic rings. The number of allylic oxidation sites excluding steroid dienone is 1. The molecule has 0 aromatic heterocycles. The predicted octanol–water partition coefficient (Wildman–Crippen LogP) is -4.47. The van der Waals surface area contributed by atoms with Crippen molar-refractivity contribution in [2.45, 2.75) is 88.7 Å². The molecule has 0 aromatic carbocycles. The Morgan fingerprint density at radius 2 is 1.32 bits per heavy atom. The zero-order chi connectivity index (χ0) is 20.1. The van der Waals surface area contributed by atoms with E-state index >= 15 is 0 Å². The Bertz CT molecular complexity index is 551. The van der Waals surface area contributed by atoms with Gasteiger partial charge < -0.3 is 19.8 Å². The third kappa shape index (κ3) is 13.3.